The van der Waals surface area contributed by atoms with Crippen LogP contribution >= 0.6 is 11.6 Å². The van der Waals surface area contributed by atoms with Gasteiger partial charge in [-0.1, -0.05) is 41.9 Å². The second-order valence-electron chi connectivity index (χ2n) is 5.73. The van der Waals surface area contributed by atoms with Crippen LogP contribution in [0.15, 0.2) is 71.3 Å². The van der Waals surface area contributed by atoms with Crippen molar-refractivity contribution in [1.82, 2.24) is 5.32 Å². The minimum absolute atomic E-state index is 0.122. The van der Waals surface area contributed by atoms with Crippen molar-refractivity contribution >= 4 is 17.5 Å². The monoisotopic (exact) mass is 355 g/mol. The van der Waals surface area contributed by atoms with Crippen LogP contribution in [-0.4, -0.2) is 11.0 Å². The van der Waals surface area contributed by atoms with E-state index < -0.39 is 0 Å². The molecule has 0 saturated heterocycles. The first-order chi connectivity index (χ1) is 12.1. The molecular weight excluding hydrogens is 338 g/mol. The fraction of sp³-hybridized carbons (Fsp3) is 0.150. The smallest absolute Gasteiger partial charge is 0.221 e. The highest BCUT2D eigenvalue weighted by Crippen LogP contribution is 2.35. The Hall–Kier alpha value is -2.72. The molecule has 3 rings (SSSR count). The Bertz CT molecular complexity index is 831. The number of phenols is 1. The molecule has 0 bridgehead atoms. The number of carbonyl (C=O) groups excluding carboxylic acids is 1. The van der Waals surface area contributed by atoms with Crippen molar-refractivity contribution in [3.8, 4) is 5.75 Å². The molecule has 0 saturated carbocycles. The largest absolute Gasteiger partial charge is 0.508 e. The summed E-state index contributed by atoms with van der Waals surface area (Å²) in [6.07, 6.45) is 1.76. The average Bonchev–Trinajstić information content (AvgIpc) is 3.14. The number of phenolic OH excluding ortho intramolecular Hbond substituents is 1. The van der Waals surface area contributed by atoms with Crippen molar-refractivity contribution in [3.05, 3.63) is 88.8 Å². The van der Waals surface area contributed by atoms with Crippen molar-refractivity contribution in [2.45, 2.75) is 18.9 Å². The molecule has 0 spiro atoms. The lowest BCUT2D eigenvalue weighted by Crippen LogP contribution is -2.24. The lowest BCUT2D eigenvalue weighted by Gasteiger charge is -2.19. The Morgan fingerprint density at radius 3 is 2.64 bits per heavy atom. The number of benzene rings is 2. The van der Waals surface area contributed by atoms with E-state index in [9.17, 15) is 9.90 Å². The summed E-state index contributed by atoms with van der Waals surface area (Å²) in [5.41, 5.74) is 1.57. The number of rotatable bonds is 6. The summed E-state index contributed by atoms with van der Waals surface area (Å²) in [5.74, 6) is 0.383. The first-order valence-electron chi connectivity index (χ1n) is 7.96. The molecule has 2 aromatic carbocycles. The second-order valence-corrected chi connectivity index (χ2v) is 6.16. The molecule has 4 nitrogen and oxygen atoms in total. The summed E-state index contributed by atoms with van der Waals surface area (Å²) in [7, 11) is 0. The lowest BCUT2D eigenvalue weighted by atomic mass is 9.87. The fourth-order valence-electron chi connectivity index (χ4n) is 2.75. The molecule has 0 aliphatic heterocycles. The number of nitrogens with one attached hydrogen (secondary N) is 1. The van der Waals surface area contributed by atoms with E-state index in [0.717, 1.165) is 5.56 Å². The molecule has 0 radical (unpaired) electrons. The van der Waals surface area contributed by atoms with Crippen LogP contribution in [0.4, 0.5) is 0 Å². The average molecular weight is 356 g/mol. The molecule has 3 aromatic rings. The number of hydrogen-bond donors (Lipinski definition) is 2. The zero-order valence-electron chi connectivity index (χ0n) is 13.5. The Kier molecular flexibility index (Phi) is 5.41. The topological polar surface area (TPSA) is 62.5 Å². The molecule has 1 heterocycles. The normalized spacial score (nSPS) is 11.9. The summed E-state index contributed by atoms with van der Waals surface area (Å²) >= 11 is 6.09. The first-order valence-corrected chi connectivity index (χ1v) is 8.33. The van der Waals surface area contributed by atoms with Gasteiger partial charge in [0.25, 0.3) is 0 Å². The fourth-order valence-corrected chi connectivity index (χ4v) is 2.93. The number of halogens is 1. The Morgan fingerprint density at radius 2 is 1.92 bits per heavy atom. The third-order valence-electron chi connectivity index (χ3n) is 4.00. The van der Waals surface area contributed by atoms with Gasteiger partial charge in [-0.05, 0) is 35.9 Å². The van der Waals surface area contributed by atoms with Crippen LogP contribution in [0, 0.1) is 0 Å². The number of hydrogen-bond acceptors (Lipinski definition) is 3. The summed E-state index contributed by atoms with van der Waals surface area (Å²) in [6.45, 7) is 0.328. The molecule has 1 aromatic heterocycles. The minimum atomic E-state index is -0.295. The van der Waals surface area contributed by atoms with Gasteiger partial charge >= 0.3 is 0 Å². The Morgan fingerprint density at radius 1 is 1.12 bits per heavy atom. The molecule has 0 aliphatic rings. The van der Waals surface area contributed by atoms with Crippen molar-refractivity contribution in [2.75, 3.05) is 0 Å². The van der Waals surface area contributed by atoms with Gasteiger partial charge in [0.2, 0.25) is 5.91 Å². The molecule has 128 valence electrons. The van der Waals surface area contributed by atoms with Gasteiger partial charge in [-0.3, -0.25) is 4.79 Å². The van der Waals surface area contributed by atoms with E-state index in [4.69, 9.17) is 16.0 Å². The molecular formula is C20H18ClNO3. The molecule has 1 amide bonds. The molecule has 1 atom stereocenters. The summed E-state index contributed by atoms with van der Waals surface area (Å²) in [5, 5.41) is 13.6. The van der Waals surface area contributed by atoms with Crippen molar-refractivity contribution < 1.29 is 14.3 Å². The molecule has 25 heavy (non-hydrogen) atoms. The summed E-state index contributed by atoms with van der Waals surface area (Å²) < 4.78 is 5.22. The van der Waals surface area contributed by atoms with E-state index in [1.54, 1.807) is 36.6 Å². The van der Waals surface area contributed by atoms with Gasteiger partial charge in [0.1, 0.15) is 11.5 Å². The van der Waals surface area contributed by atoms with Gasteiger partial charge < -0.3 is 14.8 Å². The standard InChI is InChI=1S/C20H18ClNO3/c21-15-8-9-19(23)18(11-15)17(14-5-2-1-3-6-14)12-20(24)22-13-16-7-4-10-25-16/h1-11,17,23H,12-13H2,(H,22,24)/t17-/m0/s1. The molecule has 2 N–H and O–H groups in total. The maximum Gasteiger partial charge on any atom is 0.221 e. The van der Waals surface area contributed by atoms with Crippen LogP contribution in [0.25, 0.3) is 0 Å². The highest BCUT2D eigenvalue weighted by atomic mass is 35.5. The van der Waals surface area contributed by atoms with E-state index in [0.29, 0.717) is 22.9 Å². The quantitative estimate of drug-likeness (QED) is 0.685. The highest BCUT2D eigenvalue weighted by molar-refractivity contribution is 6.30. The number of carbonyl (C=O) groups is 1. The van der Waals surface area contributed by atoms with Crippen LogP contribution in [0.5, 0.6) is 5.75 Å². The van der Waals surface area contributed by atoms with Crippen molar-refractivity contribution in [1.29, 1.82) is 0 Å². The van der Waals surface area contributed by atoms with Gasteiger partial charge in [0.05, 0.1) is 12.8 Å². The third kappa shape index (κ3) is 4.43. The van der Waals surface area contributed by atoms with Crippen LogP contribution in [0.3, 0.4) is 0 Å². The zero-order valence-corrected chi connectivity index (χ0v) is 14.2. The van der Waals surface area contributed by atoms with Crippen LogP contribution in [0.2, 0.25) is 5.02 Å². The van der Waals surface area contributed by atoms with Gasteiger partial charge in [0.15, 0.2) is 0 Å². The van der Waals surface area contributed by atoms with E-state index in [1.807, 2.05) is 30.3 Å². The summed E-state index contributed by atoms with van der Waals surface area (Å²) in [6, 6.07) is 18.1. The summed E-state index contributed by atoms with van der Waals surface area (Å²) in [4.78, 5) is 12.4. The third-order valence-corrected chi connectivity index (χ3v) is 4.23. The van der Waals surface area contributed by atoms with Crippen molar-refractivity contribution in [2.24, 2.45) is 0 Å². The maximum atomic E-state index is 12.4. The van der Waals surface area contributed by atoms with Crippen molar-refractivity contribution in [3.63, 3.8) is 0 Å². The molecule has 0 fully saturated rings. The van der Waals surface area contributed by atoms with Crippen LogP contribution in [-0.2, 0) is 11.3 Å². The van der Waals surface area contributed by atoms with Gasteiger partial charge in [-0.2, -0.15) is 0 Å². The first kappa shape index (κ1) is 17.1. The van der Waals surface area contributed by atoms with E-state index in [2.05, 4.69) is 5.32 Å². The SMILES string of the molecule is O=C(C[C@@H](c1ccccc1)c1cc(Cl)ccc1O)NCc1ccco1. The maximum absolute atomic E-state index is 12.4. The Balaban J connectivity index is 1.81. The van der Waals surface area contributed by atoms with Crippen LogP contribution in [0.1, 0.15) is 29.2 Å². The van der Waals surface area contributed by atoms with Gasteiger partial charge in [-0.25, -0.2) is 0 Å². The minimum Gasteiger partial charge on any atom is -0.508 e. The van der Waals surface area contributed by atoms with E-state index >= 15 is 0 Å². The van der Waals surface area contributed by atoms with Crippen LogP contribution < -0.4 is 5.32 Å². The van der Waals surface area contributed by atoms with Gasteiger partial charge in [0, 0.05) is 22.9 Å². The molecule has 0 aliphatic carbocycles. The predicted molar refractivity (Wildman–Crippen MR) is 96.6 cm³/mol. The number of furan rings is 1. The van der Waals surface area contributed by atoms with Gasteiger partial charge in [-0.15, -0.1) is 0 Å². The molecule has 5 heteroatoms. The highest BCUT2D eigenvalue weighted by Gasteiger charge is 2.21. The number of aromatic hydroxyl groups is 1. The predicted octanol–water partition coefficient (Wildman–Crippen LogP) is 4.48. The van der Waals surface area contributed by atoms with E-state index in [1.165, 1.54) is 0 Å². The second kappa shape index (κ2) is 7.90. The van der Waals surface area contributed by atoms with E-state index in [-0.39, 0.29) is 24.0 Å². The molecule has 0 unspecified atom stereocenters. The zero-order chi connectivity index (χ0) is 17.6. The number of amides is 1. The lowest BCUT2D eigenvalue weighted by molar-refractivity contribution is -0.121. The Labute approximate surface area is 151 Å².